The molecule has 0 spiro atoms. The fourth-order valence-corrected chi connectivity index (χ4v) is 3.05. The zero-order valence-electron chi connectivity index (χ0n) is 11.1. The molecule has 1 aromatic carbocycles. The van der Waals surface area contributed by atoms with E-state index in [1.807, 2.05) is 25.1 Å². The standard InChI is InChI=1S/C14H17BrN4S/c1-9-6-12(14(16)18-7-9)13(19-17)8-20-11-4-2-10(15)3-5-11/h2-7,13,19H,8,17H2,1H3,(H2,16,18). The van der Waals surface area contributed by atoms with Crippen LogP contribution >= 0.6 is 27.7 Å². The average molecular weight is 353 g/mol. The van der Waals surface area contributed by atoms with Crippen molar-refractivity contribution in [2.24, 2.45) is 5.84 Å². The van der Waals surface area contributed by atoms with Gasteiger partial charge in [-0.3, -0.25) is 11.3 Å². The summed E-state index contributed by atoms with van der Waals surface area (Å²) in [5.74, 6) is 6.97. The van der Waals surface area contributed by atoms with E-state index < -0.39 is 0 Å². The van der Waals surface area contributed by atoms with Crippen LogP contribution in [0.4, 0.5) is 5.82 Å². The molecule has 20 heavy (non-hydrogen) atoms. The third kappa shape index (κ3) is 3.96. The van der Waals surface area contributed by atoms with Crippen LogP contribution in [0.25, 0.3) is 0 Å². The smallest absolute Gasteiger partial charge is 0.128 e. The molecule has 0 fully saturated rings. The van der Waals surface area contributed by atoms with Crippen LogP contribution in [-0.2, 0) is 0 Å². The van der Waals surface area contributed by atoms with Gasteiger partial charge in [-0.1, -0.05) is 15.9 Å². The predicted molar refractivity (Wildman–Crippen MR) is 88.3 cm³/mol. The molecule has 1 aromatic heterocycles. The number of nitrogens with two attached hydrogens (primary N) is 2. The molecule has 6 heteroatoms. The van der Waals surface area contributed by atoms with Crippen molar-refractivity contribution < 1.29 is 0 Å². The Balaban J connectivity index is 2.09. The van der Waals surface area contributed by atoms with Crippen molar-refractivity contribution in [1.29, 1.82) is 0 Å². The SMILES string of the molecule is Cc1cnc(N)c(C(CSc2ccc(Br)cc2)NN)c1. The summed E-state index contributed by atoms with van der Waals surface area (Å²) < 4.78 is 1.07. The minimum Gasteiger partial charge on any atom is -0.383 e. The number of nitrogen functional groups attached to an aromatic ring is 1. The molecule has 0 bridgehead atoms. The molecule has 0 saturated heterocycles. The Morgan fingerprint density at radius 1 is 1.35 bits per heavy atom. The van der Waals surface area contributed by atoms with Crippen LogP contribution < -0.4 is 17.0 Å². The van der Waals surface area contributed by atoms with Gasteiger partial charge in [-0.05, 0) is 42.8 Å². The van der Waals surface area contributed by atoms with E-state index in [0.29, 0.717) is 5.82 Å². The Kier molecular flexibility index (Phi) is 5.42. The maximum absolute atomic E-state index is 5.93. The predicted octanol–water partition coefficient (Wildman–Crippen LogP) is 3.03. The van der Waals surface area contributed by atoms with Gasteiger partial charge in [0.2, 0.25) is 0 Å². The van der Waals surface area contributed by atoms with E-state index in [2.05, 4.69) is 38.5 Å². The molecule has 0 aliphatic carbocycles. The first kappa shape index (κ1) is 15.3. The van der Waals surface area contributed by atoms with Gasteiger partial charge >= 0.3 is 0 Å². The average Bonchev–Trinajstić information content (AvgIpc) is 2.45. The Labute approximate surface area is 131 Å². The molecule has 0 amide bonds. The summed E-state index contributed by atoms with van der Waals surface area (Å²) in [6.45, 7) is 1.99. The molecule has 1 atom stereocenters. The third-order valence-electron chi connectivity index (χ3n) is 2.89. The van der Waals surface area contributed by atoms with Crippen molar-refractivity contribution in [3.63, 3.8) is 0 Å². The number of halogens is 1. The first-order valence-corrected chi connectivity index (χ1v) is 7.94. The van der Waals surface area contributed by atoms with Crippen molar-refractivity contribution in [3.05, 3.63) is 52.1 Å². The van der Waals surface area contributed by atoms with Crippen molar-refractivity contribution in [1.82, 2.24) is 10.4 Å². The Morgan fingerprint density at radius 2 is 2.05 bits per heavy atom. The van der Waals surface area contributed by atoms with Crippen molar-refractivity contribution in [2.45, 2.75) is 17.9 Å². The second-order valence-electron chi connectivity index (χ2n) is 4.47. The molecule has 5 N–H and O–H groups in total. The molecule has 0 aliphatic rings. The zero-order chi connectivity index (χ0) is 14.5. The number of pyridine rings is 1. The minimum absolute atomic E-state index is 0.0314. The maximum atomic E-state index is 5.93. The molecular weight excluding hydrogens is 336 g/mol. The van der Waals surface area contributed by atoms with Gasteiger partial charge in [0.05, 0.1) is 6.04 Å². The van der Waals surface area contributed by atoms with Crippen molar-refractivity contribution in [3.8, 4) is 0 Å². The maximum Gasteiger partial charge on any atom is 0.128 e. The number of thioether (sulfide) groups is 1. The van der Waals surface area contributed by atoms with Gasteiger partial charge in [-0.2, -0.15) is 0 Å². The fourth-order valence-electron chi connectivity index (χ4n) is 1.82. The number of nitrogens with one attached hydrogen (secondary N) is 1. The number of hydrazine groups is 1. The number of hydrogen-bond donors (Lipinski definition) is 3. The molecular formula is C14H17BrN4S. The number of benzene rings is 1. The van der Waals surface area contributed by atoms with Crippen LogP contribution in [0.5, 0.6) is 0 Å². The number of hydrogen-bond acceptors (Lipinski definition) is 5. The van der Waals surface area contributed by atoms with E-state index in [0.717, 1.165) is 21.4 Å². The molecule has 2 rings (SSSR count). The fraction of sp³-hybridized carbons (Fsp3) is 0.214. The number of anilines is 1. The topological polar surface area (TPSA) is 77.0 Å². The summed E-state index contributed by atoms with van der Waals surface area (Å²) in [6.07, 6.45) is 1.76. The normalized spacial score (nSPS) is 12.3. The summed E-state index contributed by atoms with van der Waals surface area (Å²) in [6, 6.07) is 10.2. The van der Waals surface area contributed by atoms with Gasteiger partial charge < -0.3 is 5.73 Å². The lowest BCUT2D eigenvalue weighted by Gasteiger charge is -2.17. The number of aromatic nitrogens is 1. The van der Waals surface area contributed by atoms with E-state index in [4.69, 9.17) is 11.6 Å². The van der Waals surface area contributed by atoms with Crippen LogP contribution in [0, 0.1) is 6.92 Å². The number of rotatable bonds is 5. The van der Waals surface area contributed by atoms with Crippen molar-refractivity contribution >= 4 is 33.5 Å². The number of aryl methyl sites for hydroxylation is 1. The Morgan fingerprint density at radius 3 is 2.70 bits per heavy atom. The highest BCUT2D eigenvalue weighted by atomic mass is 79.9. The lowest BCUT2D eigenvalue weighted by molar-refractivity contribution is 0.610. The highest BCUT2D eigenvalue weighted by Gasteiger charge is 2.14. The summed E-state index contributed by atoms with van der Waals surface area (Å²) in [5, 5.41) is 0. The summed E-state index contributed by atoms with van der Waals surface area (Å²) in [5.41, 5.74) is 10.8. The van der Waals surface area contributed by atoms with Crippen LogP contribution in [0.1, 0.15) is 17.2 Å². The van der Waals surface area contributed by atoms with Gasteiger partial charge in [0.25, 0.3) is 0 Å². The molecule has 4 nitrogen and oxygen atoms in total. The monoisotopic (exact) mass is 352 g/mol. The van der Waals surface area contributed by atoms with Gasteiger partial charge in [0.1, 0.15) is 5.82 Å². The minimum atomic E-state index is -0.0314. The Bertz CT molecular complexity index is 574. The van der Waals surface area contributed by atoms with Crippen LogP contribution in [-0.4, -0.2) is 10.7 Å². The molecule has 1 unspecified atom stereocenters. The van der Waals surface area contributed by atoms with E-state index in [9.17, 15) is 0 Å². The summed E-state index contributed by atoms with van der Waals surface area (Å²) >= 11 is 5.15. The van der Waals surface area contributed by atoms with E-state index in [-0.39, 0.29) is 6.04 Å². The summed E-state index contributed by atoms with van der Waals surface area (Å²) in [4.78, 5) is 5.37. The Hall–Kier alpha value is -1.08. The van der Waals surface area contributed by atoms with Gasteiger partial charge in [0.15, 0.2) is 0 Å². The first-order valence-electron chi connectivity index (χ1n) is 6.16. The second kappa shape index (κ2) is 7.08. The van der Waals surface area contributed by atoms with Crippen LogP contribution in [0.15, 0.2) is 45.9 Å². The lowest BCUT2D eigenvalue weighted by Crippen LogP contribution is -2.30. The summed E-state index contributed by atoms with van der Waals surface area (Å²) in [7, 11) is 0. The highest BCUT2D eigenvalue weighted by Crippen LogP contribution is 2.27. The zero-order valence-corrected chi connectivity index (χ0v) is 13.5. The van der Waals surface area contributed by atoms with Crippen LogP contribution in [0.2, 0.25) is 0 Å². The molecule has 106 valence electrons. The van der Waals surface area contributed by atoms with Gasteiger partial charge in [-0.25, -0.2) is 4.98 Å². The highest BCUT2D eigenvalue weighted by molar-refractivity contribution is 9.10. The van der Waals surface area contributed by atoms with Crippen molar-refractivity contribution in [2.75, 3.05) is 11.5 Å². The largest absolute Gasteiger partial charge is 0.383 e. The third-order valence-corrected chi connectivity index (χ3v) is 4.53. The molecule has 0 saturated carbocycles. The lowest BCUT2D eigenvalue weighted by atomic mass is 10.1. The molecule has 0 aliphatic heterocycles. The first-order chi connectivity index (χ1) is 9.60. The van der Waals surface area contributed by atoms with Crippen LogP contribution in [0.3, 0.4) is 0 Å². The van der Waals surface area contributed by atoms with E-state index in [1.165, 1.54) is 4.90 Å². The van der Waals surface area contributed by atoms with E-state index in [1.54, 1.807) is 18.0 Å². The van der Waals surface area contributed by atoms with Gasteiger partial charge in [-0.15, -0.1) is 11.8 Å². The number of nitrogens with zero attached hydrogens (tertiary/aromatic N) is 1. The quantitative estimate of drug-likeness (QED) is 0.438. The second-order valence-corrected chi connectivity index (χ2v) is 6.48. The van der Waals surface area contributed by atoms with E-state index >= 15 is 0 Å². The molecule has 1 heterocycles. The van der Waals surface area contributed by atoms with Gasteiger partial charge in [0, 0.05) is 26.9 Å². The molecule has 0 radical (unpaired) electrons. The molecule has 2 aromatic rings.